The number of benzene rings is 1. The van der Waals surface area contributed by atoms with E-state index < -0.39 is 10.0 Å². The van der Waals surface area contributed by atoms with Crippen molar-refractivity contribution in [3.63, 3.8) is 0 Å². The van der Waals surface area contributed by atoms with Crippen LogP contribution in [0.15, 0.2) is 23.1 Å². The van der Waals surface area contributed by atoms with E-state index >= 15 is 0 Å². The molecule has 0 saturated carbocycles. The number of H-pyrrole nitrogens is 1. The predicted molar refractivity (Wildman–Crippen MR) is 69.7 cm³/mol. The maximum Gasteiger partial charge on any atom is 0.240 e. The Morgan fingerprint density at radius 1 is 1.44 bits per heavy atom. The van der Waals surface area contributed by atoms with Crippen LogP contribution < -0.4 is 10.5 Å². The summed E-state index contributed by atoms with van der Waals surface area (Å²) in [5.41, 5.74) is 6.80. The first kappa shape index (κ1) is 13.0. The zero-order valence-corrected chi connectivity index (χ0v) is 10.9. The van der Waals surface area contributed by atoms with Crippen LogP contribution in [0.3, 0.4) is 0 Å². The van der Waals surface area contributed by atoms with Gasteiger partial charge in [0.25, 0.3) is 0 Å². The first-order valence-corrected chi connectivity index (χ1v) is 7.17. The second-order valence-corrected chi connectivity index (χ2v) is 5.81. The molecule has 0 aliphatic heterocycles. The molecule has 1 heterocycles. The van der Waals surface area contributed by atoms with Gasteiger partial charge in [0.05, 0.1) is 15.9 Å². The normalized spacial score (nSPS) is 12.1. The van der Waals surface area contributed by atoms with Crippen LogP contribution in [-0.2, 0) is 10.0 Å². The number of aromatic amines is 1. The SMILES string of the molecule is Cc1nc2ccc(S(=O)(=O)NCCCN)cc2[nH]1. The molecule has 0 spiro atoms. The summed E-state index contributed by atoms with van der Waals surface area (Å²) in [5.74, 6) is 0.760. The Morgan fingerprint density at radius 2 is 2.22 bits per heavy atom. The van der Waals surface area contributed by atoms with Crippen molar-refractivity contribution in [1.82, 2.24) is 14.7 Å². The third-order valence-corrected chi connectivity index (χ3v) is 4.01. The molecule has 0 saturated heterocycles. The quantitative estimate of drug-likeness (QED) is 0.687. The molecule has 0 aliphatic carbocycles. The summed E-state index contributed by atoms with van der Waals surface area (Å²) in [4.78, 5) is 7.47. The standard InChI is InChI=1S/C11H16N4O2S/c1-8-14-10-4-3-9(7-11(10)15-8)18(16,17)13-6-2-5-12/h3-4,7,13H,2,5-6,12H2,1H3,(H,14,15). The van der Waals surface area contributed by atoms with E-state index in [1.807, 2.05) is 6.92 Å². The fraction of sp³-hybridized carbons (Fsp3) is 0.364. The molecular weight excluding hydrogens is 252 g/mol. The van der Waals surface area contributed by atoms with Gasteiger partial charge in [0.1, 0.15) is 5.82 Å². The van der Waals surface area contributed by atoms with Crippen LogP contribution in [0.2, 0.25) is 0 Å². The van der Waals surface area contributed by atoms with Gasteiger partial charge < -0.3 is 10.7 Å². The Kier molecular flexibility index (Phi) is 3.65. The van der Waals surface area contributed by atoms with Crippen LogP contribution in [0.1, 0.15) is 12.2 Å². The summed E-state index contributed by atoms with van der Waals surface area (Å²) in [6.45, 7) is 2.63. The van der Waals surface area contributed by atoms with E-state index in [1.165, 1.54) is 0 Å². The number of hydrogen-bond acceptors (Lipinski definition) is 4. The highest BCUT2D eigenvalue weighted by molar-refractivity contribution is 7.89. The molecule has 6 nitrogen and oxygen atoms in total. The Bertz CT molecular complexity index is 648. The summed E-state index contributed by atoms with van der Waals surface area (Å²) in [5, 5.41) is 0. The van der Waals surface area contributed by atoms with Crippen LogP contribution in [0.5, 0.6) is 0 Å². The number of nitrogens with zero attached hydrogens (tertiary/aromatic N) is 1. The van der Waals surface area contributed by atoms with Crippen LogP contribution in [0.4, 0.5) is 0 Å². The molecule has 18 heavy (non-hydrogen) atoms. The number of fused-ring (bicyclic) bond motifs is 1. The lowest BCUT2D eigenvalue weighted by Crippen LogP contribution is -2.26. The molecule has 2 rings (SSSR count). The number of imidazole rings is 1. The highest BCUT2D eigenvalue weighted by atomic mass is 32.2. The van der Waals surface area contributed by atoms with Gasteiger partial charge in [-0.05, 0) is 38.1 Å². The number of rotatable bonds is 5. The molecule has 1 aromatic heterocycles. The van der Waals surface area contributed by atoms with E-state index in [4.69, 9.17) is 5.73 Å². The number of hydrogen-bond donors (Lipinski definition) is 3. The van der Waals surface area contributed by atoms with Crippen molar-refractivity contribution in [2.45, 2.75) is 18.2 Å². The molecule has 0 amide bonds. The van der Waals surface area contributed by atoms with Crippen LogP contribution in [-0.4, -0.2) is 31.5 Å². The molecule has 7 heteroatoms. The van der Waals surface area contributed by atoms with Crippen LogP contribution in [0, 0.1) is 6.92 Å². The molecule has 1 aromatic carbocycles. The Balaban J connectivity index is 2.29. The van der Waals surface area contributed by atoms with Crippen LogP contribution >= 0.6 is 0 Å². The summed E-state index contributed by atoms with van der Waals surface area (Å²) in [6.07, 6.45) is 0.616. The van der Waals surface area contributed by atoms with Gasteiger partial charge in [0, 0.05) is 6.54 Å². The second kappa shape index (κ2) is 5.05. The van der Waals surface area contributed by atoms with Crippen molar-refractivity contribution in [3.8, 4) is 0 Å². The zero-order chi connectivity index (χ0) is 13.2. The van der Waals surface area contributed by atoms with Crippen LogP contribution in [0.25, 0.3) is 11.0 Å². The lowest BCUT2D eigenvalue weighted by atomic mass is 10.3. The van der Waals surface area contributed by atoms with Gasteiger partial charge in [-0.3, -0.25) is 0 Å². The van der Waals surface area contributed by atoms with E-state index in [2.05, 4.69) is 14.7 Å². The monoisotopic (exact) mass is 268 g/mol. The van der Waals surface area contributed by atoms with Gasteiger partial charge in [-0.2, -0.15) is 0 Å². The summed E-state index contributed by atoms with van der Waals surface area (Å²) in [7, 11) is -3.47. The number of nitrogens with one attached hydrogen (secondary N) is 2. The largest absolute Gasteiger partial charge is 0.342 e. The minimum atomic E-state index is -3.47. The van der Waals surface area contributed by atoms with Crippen molar-refractivity contribution < 1.29 is 8.42 Å². The number of sulfonamides is 1. The second-order valence-electron chi connectivity index (χ2n) is 4.04. The summed E-state index contributed by atoms with van der Waals surface area (Å²) in [6, 6.07) is 4.82. The van der Waals surface area contributed by atoms with Gasteiger partial charge >= 0.3 is 0 Å². The smallest absolute Gasteiger partial charge is 0.240 e. The lowest BCUT2D eigenvalue weighted by molar-refractivity contribution is 0.579. The Hall–Kier alpha value is -1.44. The highest BCUT2D eigenvalue weighted by Crippen LogP contribution is 2.17. The first-order chi connectivity index (χ1) is 8.53. The lowest BCUT2D eigenvalue weighted by Gasteiger charge is -2.05. The topological polar surface area (TPSA) is 101 Å². The summed E-state index contributed by atoms with van der Waals surface area (Å²) >= 11 is 0. The fourth-order valence-electron chi connectivity index (χ4n) is 1.68. The first-order valence-electron chi connectivity index (χ1n) is 5.69. The van der Waals surface area contributed by atoms with Gasteiger partial charge in [-0.25, -0.2) is 18.1 Å². The molecule has 2 aromatic rings. The van der Waals surface area contributed by atoms with E-state index in [1.54, 1.807) is 18.2 Å². The number of aryl methyl sites for hydroxylation is 1. The van der Waals surface area contributed by atoms with Gasteiger partial charge in [0.15, 0.2) is 0 Å². The Morgan fingerprint density at radius 3 is 2.94 bits per heavy atom. The molecule has 0 fully saturated rings. The maximum absolute atomic E-state index is 12.0. The average Bonchev–Trinajstić information content (AvgIpc) is 2.68. The van der Waals surface area contributed by atoms with Crippen molar-refractivity contribution in [2.75, 3.05) is 13.1 Å². The Labute approximate surface area is 106 Å². The third kappa shape index (κ3) is 2.69. The third-order valence-electron chi connectivity index (χ3n) is 2.56. The van der Waals surface area contributed by atoms with Gasteiger partial charge in [0.2, 0.25) is 10.0 Å². The van der Waals surface area contributed by atoms with Crippen molar-refractivity contribution in [2.24, 2.45) is 5.73 Å². The van der Waals surface area contributed by atoms with E-state index in [0.717, 1.165) is 11.3 Å². The van der Waals surface area contributed by atoms with Crippen molar-refractivity contribution in [3.05, 3.63) is 24.0 Å². The molecule has 0 aliphatic rings. The predicted octanol–water partition coefficient (Wildman–Crippen LogP) is 0.498. The number of nitrogens with two attached hydrogens (primary N) is 1. The molecule has 0 unspecified atom stereocenters. The van der Waals surface area contributed by atoms with E-state index in [-0.39, 0.29) is 4.90 Å². The maximum atomic E-state index is 12.0. The molecule has 0 atom stereocenters. The fourth-order valence-corrected chi connectivity index (χ4v) is 2.78. The molecule has 4 N–H and O–H groups in total. The average molecular weight is 268 g/mol. The number of aromatic nitrogens is 2. The minimum Gasteiger partial charge on any atom is -0.342 e. The minimum absolute atomic E-state index is 0.232. The zero-order valence-electron chi connectivity index (χ0n) is 10.1. The summed E-state index contributed by atoms with van der Waals surface area (Å²) < 4.78 is 26.4. The van der Waals surface area contributed by atoms with Crippen molar-refractivity contribution in [1.29, 1.82) is 0 Å². The highest BCUT2D eigenvalue weighted by Gasteiger charge is 2.14. The molecular formula is C11H16N4O2S. The van der Waals surface area contributed by atoms with E-state index in [0.29, 0.717) is 25.0 Å². The van der Waals surface area contributed by atoms with Crippen molar-refractivity contribution >= 4 is 21.1 Å². The molecule has 0 bridgehead atoms. The van der Waals surface area contributed by atoms with E-state index in [9.17, 15) is 8.42 Å². The molecule has 0 radical (unpaired) electrons. The van der Waals surface area contributed by atoms with Gasteiger partial charge in [-0.1, -0.05) is 0 Å². The molecule has 98 valence electrons. The van der Waals surface area contributed by atoms with Gasteiger partial charge in [-0.15, -0.1) is 0 Å².